The van der Waals surface area contributed by atoms with E-state index in [2.05, 4.69) is 20.8 Å². The van der Waals surface area contributed by atoms with Crippen LogP contribution in [0.1, 0.15) is 47.5 Å². The van der Waals surface area contributed by atoms with Gasteiger partial charge in [-0.2, -0.15) is 0 Å². The van der Waals surface area contributed by atoms with E-state index in [9.17, 15) is 9.59 Å². The number of hydrogen-bond acceptors (Lipinski definition) is 2. The Morgan fingerprint density at radius 3 is 1.86 bits per heavy atom. The number of rotatable bonds is 1. The van der Waals surface area contributed by atoms with E-state index in [1.807, 2.05) is 13.8 Å². The summed E-state index contributed by atoms with van der Waals surface area (Å²) in [5, 5.41) is 0. The Morgan fingerprint density at radius 2 is 1.71 bits per heavy atom. The van der Waals surface area contributed by atoms with Gasteiger partial charge < -0.3 is 0 Å². The van der Waals surface area contributed by atoms with E-state index < -0.39 is 5.41 Å². The van der Waals surface area contributed by atoms with Crippen molar-refractivity contribution in [1.29, 1.82) is 0 Å². The van der Waals surface area contributed by atoms with Gasteiger partial charge in [-0.25, -0.2) is 0 Å². The van der Waals surface area contributed by atoms with Crippen molar-refractivity contribution in [3.05, 3.63) is 0 Å². The van der Waals surface area contributed by atoms with Crippen molar-refractivity contribution in [3.63, 3.8) is 0 Å². The molecule has 0 aromatic carbocycles. The van der Waals surface area contributed by atoms with Crippen LogP contribution in [-0.2, 0) is 9.59 Å². The first-order valence-corrected chi connectivity index (χ1v) is 5.27. The quantitative estimate of drug-likeness (QED) is 0.604. The summed E-state index contributed by atoms with van der Waals surface area (Å²) in [6.45, 7) is 10.3. The lowest BCUT2D eigenvalue weighted by Gasteiger charge is -2.43. The second-order valence-electron chi connectivity index (χ2n) is 5.69. The molecule has 2 nitrogen and oxygen atoms in total. The van der Waals surface area contributed by atoms with Crippen molar-refractivity contribution < 1.29 is 9.59 Å². The molecule has 1 aliphatic rings. The highest BCUT2D eigenvalue weighted by Crippen LogP contribution is 2.52. The first-order chi connectivity index (χ1) is 6.22. The minimum Gasteiger partial charge on any atom is -0.299 e. The van der Waals surface area contributed by atoms with E-state index in [0.29, 0.717) is 6.42 Å². The Balaban J connectivity index is 3.19. The summed E-state index contributed by atoms with van der Waals surface area (Å²) in [5.74, 6) is 0.491. The smallest absolute Gasteiger partial charge is 0.147 e. The van der Waals surface area contributed by atoms with Crippen molar-refractivity contribution in [2.24, 2.45) is 16.7 Å². The molecule has 0 bridgehead atoms. The second-order valence-corrected chi connectivity index (χ2v) is 5.69. The topological polar surface area (TPSA) is 34.1 Å². The molecule has 1 unspecified atom stereocenters. The molecule has 0 heterocycles. The third-order valence-electron chi connectivity index (χ3n) is 3.66. The summed E-state index contributed by atoms with van der Waals surface area (Å²) in [4.78, 5) is 23.4. The van der Waals surface area contributed by atoms with Crippen molar-refractivity contribution in [2.45, 2.75) is 47.5 Å². The van der Waals surface area contributed by atoms with Gasteiger partial charge in [-0.15, -0.1) is 0 Å². The molecule has 2 heteroatoms. The highest BCUT2D eigenvalue weighted by Gasteiger charge is 2.55. The lowest BCUT2D eigenvalue weighted by atomic mass is 9.59. The predicted molar refractivity (Wildman–Crippen MR) is 56.0 cm³/mol. The third kappa shape index (κ3) is 1.41. The zero-order valence-corrected chi connectivity index (χ0v) is 9.81. The molecule has 1 aliphatic carbocycles. The molecule has 0 aliphatic heterocycles. The maximum Gasteiger partial charge on any atom is 0.147 e. The molecular formula is C12H20O2. The Kier molecular flexibility index (Phi) is 2.59. The molecule has 0 aromatic heterocycles. The first kappa shape index (κ1) is 11.4. The van der Waals surface area contributed by atoms with Crippen LogP contribution in [0.15, 0.2) is 0 Å². The number of Topliss-reactive ketones (excluding diaryl/α,β-unsaturated/α-hetero) is 2. The summed E-state index contributed by atoms with van der Waals surface area (Å²) >= 11 is 0. The molecular weight excluding hydrogens is 176 g/mol. The molecule has 1 fully saturated rings. The molecule has 1 rings (SSSR count). The molecule has 1 atom stereocenters. The maximum atomic E-state index is 12.0. The standard InChI is InChI=1S/C12H20O2/c1-8(2)12(11(3,4)5)7-9(13)6-10(12)14/h8H,6-7H2,1-5H3. The third-order valence-corrected chi connectivity index (χ3v) is 3.66. The van der Waals surface area contributed by atoms with Crippen molar-refractivity contribution in [1.82, 2.24) is 0 Å². The first-order valence-electron chi connectivity index (χ1n) is 5.27. The number of hydrogen-bond donors (Lipinski definition) is 0. The van der Waals surface area contributed by atoms with Crippen LogP contribution in [-0.4, -0.2) is 11.6 Å². The molecule has 0 saturated heterocycles. The van der Waals surface area contributed by atoms with Crippen molar-refractivity contribution in [3.8, 4) is 0 Å². The number of carbonyl (C=O) groups is 2. The van der Waals surface area contributed by atoms with Gasteiger partial charge in [-0.1, -0.05) is 34.6 Å². The van der Waals surface area contributed by atoms with Crippen LogP contribution in [0.5, 0.6) is 0 Å². The molecule has 0 spiro atoms. The Hall–Kier alpha value is -0.660. The van der Waals surface area contributed by atoms with Gasteiger partial charge in [0.1, 0.15) is 11.6 Å². The molecule has 14 heavy (non-hydrogen) atoms. The SMILES string of the molecule is CC(C)C1(C(C)(C)C)CC(=O)CC1=O. The van der Waals surface area contributed by atoms with E-state index in [1.54, 1.807) is 0 Å². The summed E-state index contributed by atoms with van der Waals surface area (Å²) in [5.41, 5.74) is -0.547. The van der Waals surface area contributed by atoms with Crippen molar-refractivity contribution in [2.75, 3.05) is 0 Å². The van der Waals surface area contributed by atoms with Crippen LogP contribution in [0, 0.1) is 16.7 Å². The second kappa shape index (κ2) is 3.18. The average Bonchev–Trinajstić information content (AvgIpc) is 2.24. The van der Waals surface area contributed by atoms with E-state index in [4.69, 9.17) is 0 Å². The van der Waals surface area contributed by atoms with Gasteiger partial charge in [0.15, 0.2) is 0 Å². The molecule has 0 radical (unpaired) electrons. The Morgan fingerprint density at radius 1 is 1.21 bits per heavy atom. The highest BCUT2D eigenvalue weighted by molar-refractivity contribution is 6.09. The summed E-state index contributed by atoms with van der Waals surface area (Å²) in [6.07, 6.45) is 0.586. The van der Waals surface area contributed by atoms with E-state index in [1.165, 1.54) is 0 Å². The lowest BCUT2D eigenvalue weighted by Crippen LogP contribution is -2.44. The lowest BCUT2D eigenvalue weighted by molar-refractivity contribution is -0.135. The van der Waals surface area contributed by atoms with Crippen LogP contribution >= 0.6 is 0 Å². The Labute approximate surface area is 86.1 Å². The van der Waals surface area contributed by atoms with Gasteiger partial charge in [0.2, 0.25) is 0 Å². The van der Waals surface area contributed by atoms with Crippen LogP contribution in [0.4, 0.5) is 0 Å². The summed E-state index contributed by atoms with van der Waals surface area (Å²) in [7, 11) is 0. The fraction of sp³-hybridized carbons (Fsp3) is 0.833. The zero-order valence-electron chi connectivity index (χ0n) is 9.81. The zero-order chi connectivity index (χ0) is 11.1. The normalized spacial score (nSPS) is 29.0. The largest absolute Gasteiger partial charge is 0.299 e. The number of ketones is 2. The van der Waals surface area contributed by atoms with Crippen LogP contribution in [0.25, 0.3) is 0 Å². The highest BCUT2D eigenvalue weighted by atomic mass is 16.2. The average molecular weight is 196 g/mol. The van der Waals surface area contributed by atoms with Gasteiger partial charge in [-0.3, -0.25) is 9.59 Å². The maximum absolute atomic E-state index is 12.0. The van der Waals surface area contributed by atoms with Gasteiger partial charge in [0, 0.05) is 11.8 Å². The molecule has 0 aromatic rings. The Bertz CT molecular complexity index is 271. The molecule has 0 N–H and O–H groups in total. The fourth-order valence-electron chi connectivity index (χ4n) is 2.88. The van der Waals surface area contributed by atoms with Crippen molar-refractivity contribution >= 4 is 11.6 Å². The summed E-state index contributed by atoms with van der Waals surface area (Å²) in [6, 6.07) is 0. The number of carbonyl (C=O) groups excluding carboxylic acids is 2. The molecule has 0 amide bonds. The van der Waals surface area contributed by atoms with Crippen LogP contribution < -0.4 is 0 Å². The molecule has 1 saturated carbocycles. The molecule has 80 valence electrons. The van der Waals surface area contributed by atoms with E-state index in [-0.39, 0.29) is 29.3 Å². The van der Waals surface area contributed by atoms with Gasteiger partial charge in [0.25, 0.3) is 0 Å². The van der Waals surface area contributed by atoms with E-state index >= 15 is 0 Å². The monoisotopic (exact) mass is 196 g/mol. The van der Waals surface area contributed by atoms with Gasteiger partial charge in [-0.05, 0) is 11.3 Å². The van der Waals surface area contributed by atoms with Crippen LogP contribution in [0.2, 0.25) is 0 Å². The predicted octanol–water partition coefficient (Wildman–Crippen LogP) is 2.61. The van der Waals surface area contributed by atoms with Gasteiger partial charge >= 0.3 is 0 Å². The minimum absolute atomic E-state index is 0.110. The fourth-order valence-corrected chi connectivity index (χ4v) is 2.88. The summed E-state index contributed by atoms with van der Waals surface area (Å²) < 4.78 is 0. The van der Waals surface area contributed by atoms with E-state index in [0.717, 1.165) is 0 Å². The minimum atomic E-state index is -0.427. The van der Waals surface area contributed by atoms with Crippen LogP contribution in [0.3, 0.4) is 0 Å². The van der Waals surface area contributed by atoms with Gasteiger partial charge in [0.05, 0.1) is 6.42 Å².